The number of aryl methyl sites for hydroxylation is 1. The van der Waals surface area contributed by atoms with Crippen molar-refractivity contribution in [3.05, 3.63) is 88.1 Å². The molecule has 3 aromatic carbocycles. The molecule has 1 aromatic heterocycles. The van der Waals surface area contributed by atoms with Crippen molar-refractivity contribution in [2.45, 2.75) is 13.5 Å². The van der Waals surface area contributed by atoms with Crippen LogP contribution in [0.1, 0.15) is 22.3 Å². The molecular formula is C27H23ClN2O3. The van der Waals surface area contributed by atoms with E-state index in [0.29, 0.717) is 23.0 Å². The molecule has 4 aromatic rings. The van der Waals surface area contributed by atoms with Crippen molar-refractivity contribution in [1.82, 2.24) is 4.57 Å². The first-order valence-electron chi connectivity index (χ1n) is 10.6. The van der Waals surface area contributed by atoms with Crippen molar-refractivity contribution in [1.29, 1.82) is 0 Å². The van der Waals surface area contributed by atoms with E-state index in [9.17, 15) is 4.79 Å². The minimum Gasteiger partial charge on any atom is -0.497 e. The molecule has 0 saturated carbocycles. The van der Waals surface area contributed by atoms with Gasteiger partial charge in [0.2, 0.25) is 0 Å². The summed E-state index contributed by atoms with van der Waals surface area (Å²) >= 11 is 6.98. The van der Waals surface area contributed by atoms with Gasteiger partial charge in [-0.1, -0.05) is 41.9 Å². The highest BCUT2D eigenvalue weighted by Crippen LogP contribution is 2.40. The van der Waals surface area contributed by atoms with Crippen molar-refractivity contribution in [3.8, 4) is 11.5 Å². The van der Waals surface area contributed by atoms with Crippen LogP contribution in [-0.4, -0.2) is 24.7 Å². The lowest BCUT2D eigenvalue weighted by Gasteiger charge is -2.09. The number of nitrogens with one attached hydrogen (secondary N) is 1. The average molecular weight is 459 g/mol. The quantitative estimate of drug-likeness (QED) is 0.364. The zero-order valence-corrected chi connectivity index (χ0v) is 19.4. The van der Waals surface area contributed by atoms with Crippen LogP contribution in [0, 0.1) is 6.92 Å². The van der Waals surface area contributed by atoms with E-state index in [1.165, 1.54) is 0 Å². The zero-order valence-electron chi connectivity index (χ0n) is 18.6. The highest BCUT2D eigenvalue weighted by Gasteiger charge is 2.26. The summed E-state index contributed by atoms with van der Waals surface area (Å²) in [7, 11) is 3.26. The van der Waals surface area contributed by atoms with Crippen LogP contribution in [-0.2, 0) is 11.3 Å². The molecule has 0 fully saturated rings. The van der Waals surface area contributed by atoms with E-state index in [2.05, 4.69) is 28.1 Å². The number of rotatable bonds is 5. The van der Waals surface area contributed by atoms with E-state index in [4.69, 9.17) is 21.1 Å². The number of ether oxygens (including phenoxy) is 2. The van der Waals surface area contributed by atoms with Crippen molar-refractivity contribution < 1.29 is 14.3 Å². The molecule has 0 radical (unpaired) electrons. The van der Waals surface area contributed by atoms with Crippen LogP contribution < -0.4 is 14.8 Å². The van der Waals surface area contributed by atoms with Gasteiger partial charge in [-0.25, -0.2) is 0 Å². The summed E-state index contributed by atoms with van der Waals surface area (Å²) in [6.07, 6.45) is 1.86. The van der Waals surface area contributed by atoms with Gasteiger partial charge in [-0.15, -0.1) is 0 Å². The normalized spacial score (nSPS) is 13.9. The Morgan fingerprint density at radius 2 is 1.82 bits per heavy atom. The summed E-state index contributed by atoms with van der Waals surface area (Å²) < 4.78 is 13.0. The zero-order chi connectivity index (χ0) is 23.1. The molecule has 0 unspecified atom stereocenters. The van der Waals surface area contributed by atoms with Crippen LogP contribution >= 0.6 is 11.6 Å². The molecule has 0 spiro atoms. The number of halogens is 1. The Morgan fingerprint density at radius 1 is 1.03 bits per heavy atom. The second kappa shape index (κ2) is 8.34. The third kappa shape index (κ3) is 3.64. The smallest absolute Gasteiger partial charge is 0.256 e. The number of aromatic nitrogens is 1. The molecular weight excluding hydrogens is 436 g/mol. The Hall–Kier alpha value is -3.70. The maximum atomic E-state index is 12.9. The van der Waals surface area contributed by atoms with Crippen LogP contribution in [0.5, 0.6) is 11.5 Å². The molecule has 5 rings (SSSR count). The first-order valence-corrected chi connectivity index (χ1v) is 11.0. The first-order chi connectivity index (χ1) is 16.0. The molecule has 6 heteroatoms. The van der Waals surface area contributed by atoms with Gasteiger partial charge in [-0.3, -0.25) is 4.79 Å². The van der Waals surface area contributed by atoms with E-state index in [0.717, 1.165) is 44.6 Å². The summed E-state index contributed by atoms with van der Waals surface area (Å²) in [6.45, 7) is 2.62. The van der Waals surface area contributed by atoms with Crippen LogP contribution in [0.3, 0.4) is 0 Å². The number of hydrogen-bond donors (Lipinski definition) is 1. The number of amides is 1. The van der Waals surface area contributed by atoms with Crippen LogP contribution in [0.4, 0.5) is 5.69 Å². The fourth-order valence-corrected chi connectivity index (χ4v) is 4.64. The SMILES string of the molecule is COc1ccc2c(c1)/C(=C\c1c(Cl)n(Cc3ccccc3)c3cc(C)c(OC)cc13)C(=O)N2. The van der Waals surface area contributed by atoms with Gasteiger partial charge in [0.15, 0.2) is 0 Å². The maximum Gasteiger partial charge on any atom is 0.256 e. The Morgan fingerprint density at radius 3 is 2.55 bits per heavy atom. The fraction of sp³-hybridized carbons (Fsp3) is 0.148. The monoisotopic (exact) mass is 458 g/mol. The second-order valence-corrected chi connectivity index (χ2v) is 8.40. The second-order valence-electron chi connectivity index (χ2n) is 8.04. The van der Waals surface area contributed by atoms with E-state index in [-0.39, 0.29) is 5.91 Å². The van der Waals surface area contributed by atoms with Crippen molar-refractivity contribution in [2.24, 2.45) is 0 Å². The van der Waals surface area contributed by atoms with Crippen molar-refractivity contribution in [3.63, 3.8) is 0 Å². The van der Waals surface area contributed by atoms with E-state index in [1.54, 1.807) is 14.2 Å². The van der Waals surface area contributed by atoms with Gasteiger partial charge in [0.05, 0.1) is 19.7 Å². The predicted octanol–water partition coefficient (Wildman–Crippen LogP) is 6.16. The number of carbonyl (C=O) groups is 1. The molecule has 0 aliphatic carbocycles. The lowest BCUT2D eigenvalue weighted by Crippen LogP contribution is -2.03. The average Bonchev–Trinajstić information content (AvgIpc) is 3.27. The molecule has 166 valence electrons. The van der Waals surface area contributed by atoms with Crippen molar-refractivity contribution >= 4 is 45.7 Å². The number of methoxy groups -OCH3 is 2. The molecule has 1 aliphatic heterocycles. The third-order valence-electron chi connectivity index (χ3n) is 6.04. The Kier molecular flexibility index (Phi) is 5.35. The Bertz CT molecular complexity index is 1420. The molecule has 0 bridgehead atoms. The minimum absolute atomic E-state index is 0.169. The maximum absolute atomic E-state index is 12.9. The first kappa shape index (κ1) is 21.2. The molecule has 0 saturated heterocycles. The molecule has 0 atom stereocenters. The van der Waals surface area contributed by atoms with E-state index >= 15 is 0 Å². The molecule has 5 nitrogen and oxygen atoms in total. The molecule has 1 N–H and O–H groups in total. The summed E-state index contributed by atoms with van der Waals surface area (Å²) in [6, 6.07) is 19.8. The predicted molar refractivity (Wildman–Crippen MR) is 133 cm³/mol. The summed E-state index contributed by atoms with van der Waals surface area (Å²) in [5, 5.41) is 4.42. The van der Waals surface area contributed by atoms with E-state index in [1.807, 2.05) is 55.5 Å². The standard InChI is InChI=1S/C27H23ClN2O3/c1-16-11-24-20(14-25(16)33-3)21(26(28)30(24)15-17-7-5-4-6-8-17)13-22-19-12-18(32-2)9-10-23(19)29-27(22)31/h4-14H,15H2,1-3H3,(H,29,31)/b22-13+. The highest BCUT2D eigenvalue weighted by molar-refractivity contribution is 6.38. The van der Waals surface area contributed by atoms with Gasteiger partial charge in [-0.05, 0) is 54.5 Å². The Balaban J connectivity index is 1.74. The number of hydrogen-bond acceptors (Lipinski definition) is 3. The topological polar surface area (TPSA) is 52.5 Å². The van der Waals surface area contributed by atoms with Crippen molar-refractivity contribution in [2.75, 3.05) is 19.5 Å². The molecule has 2 heterocycles. The number of fused-ring (bicyclic) bond motifs is 2. The largest absolute Gasteiger partial charge is 0.497 e. The number of carbonyl (C=O) groups excluding carboxylic acids is 1. The molecule has 1 aliphatic rings. The van der Waals surface area contributed by atoms with Gasteiger partial charge in [0, 0.05) is 34.3 Å². The lowest BCUT2D eigenvalue weighted by molar-refractivity contribution is -0.110. The lowest BCUT2D eigenvalue weighted by atomic mass is 10.0. The van der Waals surface area contributed by atoms with Crippen LogP contribution in [0.15, 0.2) is 60.7 Å². The van der Waals surface area contributed by atoms with Crippen LogP contribution in [0.2, 0.25) is 5.15 Å². The Labute approximate surface area is 197 Å². The van der Waals surface area contributed by atoms with Gasteiger partial charge in [0.25, 0.3) is 5.91 Å². The van der Waals surface area contributed by atoms with Gasteiger partial charge >= 0.3 is 0 Å². The van der Waals surface area contributed by atoms with Gasteiger partial charge < -0.3 is 19.4 Å². The summed E-state index contributed by atoms with van der Waals surface area (Å²) in [5.41, 5.74) is 6.01. The number of nitrogens with zero attached hydrogens (tertiary/aromatic N) is 1. The number of anilines is 1. The summed E-state index contributed by atoms with van der Waals surface area (Å²) in [5.74, 6) is 1.29. The van der Waals surface area contributed by atoms with Gasteiger partial charge in [0.1, 0.15) is 16.7 Å². The highest BCUT2D eigenvalue weighted by atomic mass is 35.5. The summed E-state index contributed by atoms with van der Waals surface area (Å²) in [4.78, 5) is 12.9. The third-order valence-corrected chi connectivity index (χ3v) is 6.44. The minimum atomic E-state index is -0.169. The van der Waals surface area contributed by atoms with E-state index < -0.39 is 0 Å². The molecule has 1 amide bonds. The van der Waals surface area contributed by atoms with Crippen LogP contribution in [0.25, 0.3) is 22.6 Å². The number of benzene rings is 3. The fourth-order valence-electron chi connectivity index (χ4n) is 4.33. The molecule has 33 heavy (non-hydrogen) atoms. The van der Waals surface area contributed by atoms with Gasteiger partial charge in [-0.2, -0.15) is 0 Å².